The summed E-state index contributed by atoms with van der Waals surface area (Å²) >= 11 is 0. The number of amides is 1. The molecule has 1 fully saturated rings. The van der Waals surface area contributed by atoms with Crippen molar-refractivity contribution in [2.24, 2.45) is 5.11 Å². The Kier molecular flexibility index (Phi) is 17.0. The lowest BCUT2D eigenvalue weighted by molar-refractivity contribution is -0.315. The molecule has 0 bridgehead atoms. The Morgan fingerprint density at radius 2 is 1.80 bits per heavy atom. The van der Waals surface area contributed by atoms with E-state index in [-0.39, 0.29) is 19.6 Å². The maximum Gasteiger partial charge on any atom is 0.366 e. The van der Waals surface area contributed by atoms with Gasteiger partial charge in [-0.3, -0.25) is 24.0 Å². The summed E-state index contributed by atoms with van der Waals surface area (Å²) in [6.45, 7) is 1.35. The summed E-state index contributed by atoms with van der Waals surface area (Å²) < 4.78 is 38.4. The van der Waals surface area contributed by atoms with Crippen molar-refractivity contribution in [2.45, 2.75) is 89.1 Å². The Labute approximate surface area is 258 Å². The number of rotatable bonds is 19. The maximum absolute atomic E-state index is 13.3. The average molecular weight is 643 g/mol. The van der Waals surface area contributed by atoms with Crippen molar-refractivity contribution in [1.29, 1.82) is 0 Å². The first-order valence-electron chi connectivity index (χ1n) is 13.7. The minimum atomic E-state index is -2.28. The van der Waals surface area contributed by atoms with Gasteiger partial charge in [0.05, 0.1) is 32.4 Å². The molecule has 1 amide bonds. The van der Waals surface area contributed by atoms with Gasteiger partial charge in [0.2, 0.25) is 0 Å². The molecule has 0 aliphatic carbocycles. The molecule has 1 aliphatic rings. The monoisotopic (exact) mass is 642 g/mol. The van der Waals surface area contributed by atoms with Crippen LogP contribution >= 0.6 is 0 Å². The summed E-state index contributed by atoms with van der Waals surface area (Å²) in [5.41, 5.74) is 8.94. The number of carboxylic acid groups (broad SMARTS) is 1. The molecule has 0 aromatic carbocycles. The summed E-state index contributed by atoms with van der Waals surface area (Å²) in [6, 6.07) is -1.34. The fraction of sp³-hybridized carbons (Fsp3) is 0.704. The van der Waals surface area contributed by atoms with Crippen LogP contribution in [-0.4, -0.2) is 111 Å². The Hall–Kier alpha value is -4.43. The summed E-state index contributed by atoms with van der Waals surface area (Å²) in [7, 11) is 1.05. The van der Waals surface area contributed by atoms with Crippen LogP contribution in [0, 0.1) is 12.3 Å². The van der Waals surface area contributed by atoms with Crippen LogP contribution in [0.3, 0.4) is 0 Å². The first-order valence-corrected chi connectivity index (χ1v) is 13.7. The fourth-order valence-electron chi connectivity index (χ4n) is 4.42. The molecule has 1 saturated heterocycles. The number of unbranched alkanes of at least 4 members (excludes halogenated alkanes) is 2. The Morgan fingerprint density at radius 3 is 2.36 bits per heavy atom. The quantitative estimate of drug-likeness (QED) is 0.0371. The fourth-order valence-corrected chi connectivity index (χ4v) is 4.42. The van der Waals surface area contributed by atoms with Crippen LogP contribution in [0.2, 0.25) is 0 Å². The van der Waals surface area contributed by atoms with Crippen LogP contribution in [0.1, 0.15) is 52.9 Å². The number of carboxylic acids is 1. The molecule has 0 saturated carbocycles. The zero-order valence-electron chi connectivity index (χ0n) is 25.4. The number of methoxy groups -OCH3 is 1. The van der Waals surface area contributed by atoms with E-state index in [0.717, 1.165) is 27.9 Å². The molecule has 1 rings (SSSR count). The molecule has 1 heterocycles. The van der Waals surface area contributed by atoms with Gasteiger partial charge in [0.1, 0.15) is 18.8 Å². The maximum atomic E-state index is 13.3. The van der Waals surface area contributed by atoms with Gasteiger partial charge in [-0.25, -0.2) is 4.79 Å². The first kappa shape index (κ1) is 38.6. The lowest BCUT2D eigenvalue weighted by atomic mass is 9.87. The van der Waals surface area contributed by atoms with Gasteiger partial charge in [0, 0.05) is 38.5 Å². The molecule has 0 radical (unpaired) electrons. The normalized spacial score (nSPS) is 21.9. The van der Waals surface area contributed by atoms with Crippen molar-refractivity contribution in [2.75, 3.05) is 33.5 Å². The Bertz CT molecular complexity index is 1150. The van der Waals surface area contributed by atoms with Crippen molar-refractivity contribution >= 4 is 35.8 Å². The van der Waals surface area contributed by atoms with Crippen LogP contribution in [0.25, 0.3) is 10.4 Å². The minimum absolute atomic E-state index is 0.0791. The van der Waals surface area contributed by atoms with Gasteiger partial charge >= 0.3 is 29.8 Å². The number of azide groups is 1. The summed E-state index contributed by atoms with van der Waals surface area (Å²) in [6.07, 6.45) is -0.143. The molecule has 0 unspecified atom stereocenters. The van der Waals surface area contributed by atoms with Crippen LogP contribution in [-0.2, 0) is 61.9 Å². The molecule has 45 heavy (non-hydrogen) atoms. The number of carbonyl (C=O) groups is 6. The van der Waals surface area contributed by atoms with Gasteiger partial charge in [0.15, 0.2) is 12.7 Å². The molecule has 1 aliphatic heterocycles. The number of nitrogens with zero attached hydrogens (tertiary/aromatic N) is 3. The van der Waals surface area contributed by atoms with Gasteiger partial charge in [-0.15, -0.1) is 6.42 Å². The summed E-state index contributed by atoms with van der Waals surface area (Å²) in [4.78, 5) is 75.3. The zero-order valence-corrected chi connectivity index (χ0v) is 25.4. The predicted octanol–water partition coefficient (Wildman–Crippen LogP) is 0.546. The van der Waals surface area contributed by atoms with Crippen LogP contribution in [0.15, 0.2) is 5.11 Å². The number of carbonyl (C=O) groups excluding carboxylic acids is 5. The second kappa shape index (κ2) is 19.8. The first-order chi connectivity index (χ1) is 21.3. The third kappa shape index (κ3) is 13.4. The zero-order chi connectivity index (χ0) is 34.0. The molecule has 0 aromatic rings. The third-order valence-electron chi connectivity index (χ3n) is 6.17. The lowest BCUT2D eigenvalue weighted by Gasteiger charge is -2.48. The van der Waals surface area contributed by atoms with Crippen molar-refractivity contribution in [1.82, 2.24) is 5.32 Å². The molecular formula is C27H38N4O14. The molecule has 250 valence electrons. The van der Waals surface area contributed by atoms with Crippen LogP contribution in [0.5, 0.6) is 0 Å². The standard InChI is InChI=1S/C27H38N4O14/c1-6-11-40-19-13-27(26(38)39-5,42-12-9-7-8-10-22(36)37)45-25(23(19)30-21(35)15-41-16(2)32)24(44-18(4)34)20(14-29-31-28)43-17(3)33/h1,19-20,23-25H,7-15H2,2-5H3,(H,30,35)(H,36,37)/t19-,20+,23+,24+,25+,27+/m0/s1. The second-order valence-corrected chi connectivity index (χ2v) is 9.65. The third-order valence-corrected chi connectivity index (χ3v) is 6.17. The van der Waals surface area contributed by atoms with Gasteiger partial charge in [0.25, 0.3) is 11.7 Å². The summed E-state index contributed by atoms with van der Waals surface area (Å²) in [5, 5.41) is 14.9. The second-order valence-electron chi connectivity index (χ2n) is 9.65. The smallest absolute Gasteiger partial charge is 0.366 e. The van der Waals surface area contributed by atoms with E-state index in [9.17, 15) is 28.8 Å². The number of terminal acetylenes is 1. The van der Waals surface area contributed by atoms with Crippen molar-refractivity contribution in [3.05, 3.63) is 10.4 Å². The highest BCUT2D eigenvalue weighted by Crippen LogP contribution is 2.37. The number of esters is 4. The highest BCUT2D eigenvalue weighted by molar-refractivity contribution is 5.81. The Balaban J connectivity index is 3.73. The Morgan fingerprint density at radius 1 is 1.11 bits per heavy atom. The molecule has 18 heteroatoms. The highest BCUT2D eigenvalue weighted by Gasteiger charge is 2.58. The molecule has 0 aromatic heterocycles. The number of hydrogen-bond acceptors (Lipinski definition) is 14. The molecule has 0 spiro atoms. The SMILES string of the molecule is C#CCO[C@H]1C[C@](OCCCCCC(=O)O)(C(=O)OC)O[C@@H]([C@H](OC(C)=O)[C@@H](CN=[N+]=[N-])OC(C)=O)[C@@H]1NC(=O)COC(C)=O. The average Bonchev–Trinajstić information content (AvgIpc) is 2.97. The molecule has 2 N–H and O–H groups in total. The molecule has 18 nitrogen and oxygen atoms in total. The lowest BCUT2D eigenvalue weighted by Crippen LogP contribution is -2.69. The van der Waals surface area contributed by atoms with Crippen molar-refractivity contribution < 1.29 is 67.0 Å². The van der Waals surface area contributed by atoms with Crippen molar-refractivity contribution in [3.63, 3.8) is 0 Å². The molecule has 6 atom stereocenters. The van der Waals surface area contributed by atoms with E-state index in [1.807, 2.05) is 0 Å². The van der Waals surface area contributed by atoms with E-state index in [0.29, 0.717) is 19.3 Å². The number of hydrogen-bond donors (Lipinski definition) is 2. The van der Waals surface area contributed by atoms with Gasteiger partial charge < -0.3 is 43.6 Å². The van der Waals surface area contributed by atoms with Crippen LogP contribution in [0.4, 0.5) is 0 Å². The number of ether oxygens (including phenoxy) is 7. The predicted molar refractivity (Wildman–Crippen MR) is 149 cm³/mol. The van der Waals surface area contributed by atoms with E-state index in [2.05, 4.69) is 21.3 Å². The summed E-state index contributed by atoms with van der Waals surface area (Å²) in [5.74, 6) is -5.44. The van der Waals surface area contributed by atoms with E-state index in [1.54, 1.807) is 0 Å². The van der Waals surface area contributed by atoms with Crippen molar-refractivity contribution in [3.8, 4) is 12.3 Å². The van der Waals surface area contributed by atoms with E-state index in [1.165, 1.54) is 0 Å². The minimum Gasteiger partial charge on any atom is -0.481 e. The topological polar surface area (TPSA) is 248 Å². The van der Waals surface area contributed by atoms with E-state index in [4.69, 9.17) is 50.2 Å². The van der Waals surface area contributed by atoms with Gasteiger partial charge in [-0.1, -0.05) is 17.5 Å². The van der Waals surface area contributed by atoms with Crippen LogP contribution < -0.4 is 5.32 Å². The number of aliphatic carboxylic acids is 1. The van der Waals surface area contributed by atoms with E-state index >= 15 is 0 Å². The highest BCUT2D eigenvalue weighted by atomic mass is 16.7. The molecular weight excluding hydrogens is 604 g/mol. The van der Waals surface area contributed by atoms with Gasteiger partial charge in [-0.05, 0) is 18.4 Å². The number of nitrogens with one attached hydrogen (secondary N) is 1. The van der Waals surface area contributed by atoms with E-state index < -0.39 is 91.6 Å². The van der Waals surface area contributed by atoms with Gasteiger partial charge in [-0.2, -0.15) is 0 Å². The largest absolute Gasteiger partial charge is 0.481 e.